The van der Waals surface area contributed by atoms with Crippen molar-refractivity contribution < 1.29 is 5.11 Å². The average molecular weight is 269 g/mol. The van der Waals surface area contributed by atoms with E-state index in [1.807, 2.05) is 30.3 Å². The van der Waals surface area contributed by atoms with Crippen molar-refractivity contribution in [1.29, 1.82) is 0 Å². The van der Waals surface area contributed by atoms with Crippen LogP contribution in [-0.2, 0) is 0 Å². The Labute approximate surface area is 121 Å². The number of nitrogens with one attached hydrogen (secondary N) is 1. The predicted molar refractivity (Wildman–Crippen MR) is 83.7 cm³/mol. The largest absolute Gasteiger partial charge is 0.394 e. The van der Waals surface area contributed by atoms with Gasteiger partial charge in [-0.2, -0.15) is 0 Å². The highest BCUT2D eigenvalue weighted by Crippen LogP contribution is 2.22. The molecule has 0 aliphatic heterocycles. The van der Waals surface area contributed by atoms with Crippen LogP contribution in [0.1, 0.15) is 41.3 Å². The molecule has 0 aromatic heterocycles. The molecule has 106 valence electrons. The zero-order valence-electron chi connectivity index (χ0n) is 12.4. The molecule has 1 unspecified atom stereocenters. The first-order valence-electron chi connectivity index (χ1n) is 7.11. The lowest BCUT2D eigenvalue weighted by molar-refractivity contribution is 0.235. The lowest BCUT2D eigenvalue weighted by Gasteiger charge is -2.24. The number of aliphatic hydroxyl groups is 1. The lowest BCUT2D eigenvalue weighted by atomic mass is 9.98. The van der Waals surface area contributed by atoms with E-state index >= 15 is 0 Å². The van der Waals surface area contributed by atoms with Crippen LogP contribution < -0.4 is 5.32 Å². The van der Waals surface area contributed by atoms with Gasteiger partial charge in [0.05, 0.1) is 12.6 Å². The molecule has 2 N–H and O–H groups in total. The van der Waals surface area contributed by atoms with Gasteiger partial charge in [0.25, 0.3) is 0 Å². The van der Waals surface area contributed by atoms with Crippen molar-refractivity contribution in [2.24, 2.45) is 0 Å². The molecule has 0 bridgehead atoms. The van der Waals surface area contributed by atoms with Gasteiger partial charge in [-0.05, 0) is 37.5 Å². The maximum absolute atomic E-state index is 9.63. The van der Waals surface area contributed by atoms with Crippen LogP contribution in [0.25, 0.3) is 0 Å². The topological polar surface area (TPSA) is 32.3 Å². The molecule has 20 heavy (non-hydrogen) atoms. The zero-order valence-corrected chi connectivity index (χ0v) is 12.4. The van der Waals surface area contributed by atoms with E-state index in [0.29, 0.717) is 0 Å². The second-order valence-electron chi connectivity index (χ2n) is 5.39. The minimum absolute atomic E-state index is 0.0353. The van der Waals surface area contributed by atoms with Gasteiger partial charge in [0, 0.05) is 6.04 Å². The normalized spacial score (nSPS) is 14.0. The van der Waals surface area contributed by atoms with Gasteiger partial charge in [0.1, 0.15) is 0 Å². The summed E-state index contributed by atoms with van der Waals surface area (Å²) < 4.78 is 0. The molecule has 0 aliphatic carbocycles. The second-order valence-corrected chi connectivity index (χ2v) is 5.39. The third-order valence-corrected chi connectivity index (χ3v) is 3.73. The quantitative estimate of drug-likeness (QED) is 0.867. The monoisotopic (exact) mass is 269 g/mol. The lowest BCUT2D eigenvalue weighted by Crippen LogP contribution is -2.27. The molecule has 2 rings (SSSR count). The fourth-order valence-electron chi connectivity index (χ4n) is 2.64. The maximum Gasteiger partial charge on any atom is 0.0626 e. The Morgan fingerprint density at radius 2 is 1.75 bits per heavy atom. The fourth-order valence-corrected chi connectivity index (χ4v) is 2.64. The highest BCUT2D eigenvalue weighted by atomic mass is 16.3. The van der Waals surface area contributed by atoms with Crippen molar-refractivity contribution in [3.8, 4) is 0 Å². The fraction of sp³-hybridized carbons (Fsp3) is 0.333. The number of aryl methyl sites for hydroxylation is 2. The SMILES string of the molecule is Cc1ccc(C(C)N[C@@H](CO)c2ccccc2)c(C)c1. The molecule has 0 aliphatic rings. The van der Waals surface area contributed by atoms with E-state index in [-0.39, 0.29) is 18.7 Å². The Balaban J connectivity index is 2.15. The summed E-state index contributed by atoms with van der Waals surface area (Å²) in [5, 5.41) is 13.1. The zero-order chi connectivity index (χ0) is 14.5. The van der Waals surface area contributed by atoms with Crippen LogP contribution in [0.2, 0.25) is 0 Å². The molecule has 0 saturated carbocycles. The van der Waals surface area contributed by atoms with Gasteiger partial charge in [-0.25, -0.2) is 0 Å². The maximum atomic E-state index is 9.63. The van der Waals surface area contributed by atoms with E-state index in [1.54, 1.807) is 0 Å². The first kappa shape index (κ1) is 14.8. The molecule has 0 saturated heterocycles. The molecular weight excluding hydrogens is 246 g/mol. The van der Waals surface area contributed by atoms with Gasteiger partial charge in [0.2, 0.25) is 0 Å². The number of rotatable bonds is 5. The standard InChI is InChI=1S/C18H23NO/c1-13-9-10-17(14(2)11-13)15(3)19-18(12-20)16-7-5-4-6-8-16/h4-11,15,18-20H,12H2,1-3H3/t15?,18-/m0/s1. The van der Waals surface area contributed by atoms with E-state index in [4.69, 9.17) is 0 Å². The highest BCUT2D eigenvalue weighted by molar-refractivity contribution is 5.33. The molecule has 2 heteroatoms. The number of benzene rings is 2. The Morgan fingerprint density at radius 1 is 1.05 bits per heavy atom. The molecule has 0 heterocycles. The molecule has 0 amide bonds. The van der Waals surface area contributed by atoms with Crippen LogP contribution in [0.4, 0.5) is 0 Å². The Hall–Kier alpha value is -1.64. The Kier molecular flexibility index (Phi) is 4.94. The van der Waals surface area contributed by atoms with Crippen molar-refractivity contribution in [2.45, 2.75) is 32.9 Å². The van der Waals surface area contributed by atoms with Gasteiger partial charge in [-0.15, -0.1) is 0 Å². The number of hydrogen-bond acceptors (Lipinski definition) is 2. The van der Waals surface area contributed by atoms with Gasteiger partial charge in [0.15, 0.2) is 0 Å². The molecule has 0 radical (unpaired) electrons. The number of aliphatic hydroxyl groups excluding tert-OH is 1. The smallest absolute Gasteiger partial charge is 0.0626 e. The Morgan fingerprint density at radius 3 is 2.35 bits per heavy atom. The summed E-state index contributed by atoms with van der Waals surface area (Å²) in [5.41, 5.74) is 4.96. The first-order valence-corrected chi connectivity index (χ1v) is 7.11. The molecule has 2 nitrogen and oxygen atoms in total. The minimum atomic E-state index is -0.0353. The van der Waals surface area contributed by atoms with E-state index in [0.717, 1.165) is 5.56 Å². The first-order chi connectivity index (χ1) is 9.61. The summed E-state index contributed by atoms with van der Waals surface area (Å²) in [6.07, 6.45) is 0. The van der Waals surface area contributed by atoms with Crippen LogP contribution in [0.5, 0.6) is 0 Å². The van der Waals surface area contributed by atoms with Crippen LogP contribution in [0.3, 0.4) is 0 Å². The van der Waals surface area contributed by atoms with Gasteiger partial charge in [-0.3, -0.25) is 0 Å². The van der Waals surface area contributed by atoms with Crippen LogP contribution in [0.15, 0.2) is 48.5 Å². The van der Waals surface area contributed by atoms with Crippen molar-refractivity contribution >= 4 is 0 Å². The van der Waals surface area contributed by atoms with Crippen molar-refractivity contribution in [3.05, 3.63) is 70.8 Å². The van der Waals surface area contributed by atoms with Crippen molar-refractivity contribution in [1.82, 2.24) is 5.32 Å². The van der Waals surface area contributed by atoms with Gasteiger partial charge >= 0.3 is 0 Å². The van der Waals surface area contributed by atoms with Crippen LogP contribution in [0, 0.1) is 13.8 Å². The summed E-state index contributed by atoms with van der Waals surface area (Å²) in [6.45, 7) is 6.48. The third kappa shape index (κ3) is 3.47. The summed E-state index contributed by atoms with van der Waals surface area (Å²) >= 11 is 0. The second kappa shape index (κ2) is 6.69. The van der Waals surface area contributed by atoms with Crippen LogP contribution in [-0.4, -0.2) is 11.7 Å². The molecule has 0 spiro atoms. The van der Waals surface area contributed by atoms with E-state index in [1.165, 1.54) is 16.7 Å². The summed E-state index contributed by atoms with van der Waals surface area (Å²) in [6, 6.07) is 16.8. The summed E-state index contributed by atoms with van der Waals surface area (Å²) in [7, 11) is 0. The molecule has 2 aromatic carbocycles. The van der Waals surface area contributed by atoms with E-state index in [9.17, 15) is 5.11 Å². The molecule has 2 aromatic rings. The average Bonchev–Trinajstić information content (AvgIpc) is 2.45. The number of hydrogen-bond donors (Lipinski definition) is 2. The molecule has 2 atom stereocenters. The Bertz CT molecular complexity index is 551. The molecular formula is C18H23NO. The minimum Gasteiger partial charge on any atom is -0.394 e. The van der Waals surface area contributed by atoms with E-state index in [2.05, 4.69) is 44.3 Å². The summed E-state index contributed by atoms with van der Waals surface area (Å²) in [5.74, 6) is 0. The van der Waals surface area contributed by atoms with Crippen molar-refractivity contribution in [3.63, 3.8) is 0 Å². The third-order valence-electron chi connectivity index (χ3n) is 3.73. The van der Waals surface area contributed by atoms with Gasteiger partial charge in [-0.1, -0.05) is 54.1 Å². The van der Waals surface area contributed by atoms with Crippen molar-refractivity contribution in [2.75, 3.05) is 6.61 Å². The van der Waals surface area contributed by atoms with E-state index < -0.39 is 0 Å². The van der Waals surface area contributed by atoms with Crippen LogP contribution >= 0.6 is 0 Å². The predicted octanol–water partition coefficient (Wildman–Crippen LogP) is 3.69. The highest BCUT2D eigenvalue weighted by Gasteiger charge is 2.15. The summed E-state index contributed by atoms with van der Waals surface area (Å²) in [4.78, 5) is 0. The van der Waals surface area contributed by atoms with Gasteiger partial charge < -0.3 is 10.4 Å². The molecule has 0 fully saturated rings.